The Morgan fingerprint density at radius 3 is 2.41 bits per heavy atom. The third-order valence-corrected chi connectivity index (χ3v) is 4.47. The van der Waals surface area contributed by atoms with E-state index >= 15 is 0 Å². The molecule has 0 radical (unpaired) electrons. The zero-order valence-corrected chi connectivity index (χ0v) is 14.5. The van der Waals surface area contributed by atoms with E-state index in [2.05, 4.69) is 10.2 Å². The normalized spacial score (nSPS) is 10.9. The van der Waals surface area contributed by atoms with Crippen LogP contribution >= 0.6 is 46.6 Å². The van der Waals surface area contributed by atoms with Crippen LogP contribution in [0.25, 0.3) is 17.1 Å². The third-order valence-electron chi connectivity index (χ3n) is 3.05. The quantitative estimate of drug-likeness (QED) is 0.561. The minimum Gasteiger partial charge on any atom is -0.270 e. The standard InChI is InChI=1S/C15H10Cl3N3S/c1-22-15-20-19-14(12-6-5-10(17)8-13(12)18)21(15)11-4-2-3-9(16)7-11/h2-8H,1H3. The molecule has 0 N–H and O–H groups in total. The van der Waals surface area contributed by atoms with E-state index < -0.39 is 0 Å². The topological polar surface area (TPSA) is 30.7 Å². The first-order valence-corrected chi connectivity index (χ1v) is 8.67. The Labute approximate surface area is 147 Å². The highest BCUT2D eigenvalue weighted by molar-refractivity contribution is 7.98. The van der Waals surface area contributed by atoms with E-state index in [9.17, 15) is 0 Å². The molecule has 0 saturated carbocycles. The van der Waals surface area contributed by atoms with E-state index in [-0.39, 0.29) is 0 Å². The number of aromatic nitrogens is 3. The Morgan fingerprint density at radius 1 is 0.955 bits per heavy atom. The maximum absolute atomic E-state index is 6.31. The van der Waals surface area contributed by atoms with E-state index in [1.807, 2.05) is 41.2 Å². The van der Waals surface area contributed by atoms with Gasteiger partial charge in [-0.2, -0.15) is 0 Å². The van der Waals surface area contributed by atoms with Crippen molar-refractivity contribution >= 4 is 46.6 Å². The van der Waals surface area contributed by atoms with Gasteiger partial charge in [0.25, 0.3) is 0 Å². The minimum absolute atomic E-state index is 0.524. The lowest BCUT2D eigenvalue weighted by Crippen LogP contribution is -1.99. The van der Waals surface area contributed by atoms with Crippen molar-refractivity contribution in [2.75, 3.05) is 6.26 Å². The van der Waals surface area contributed by atoms with Gasteiger partial charge in [0.1, 0.15) is 0 Å². The molecule has 3 nitrogen and oxygen atoms in total. The van der Waals surface area contributed by atoms with Crippen molar-refractivity contribution in [2.24, 2.45) is 0 Å². The molecule has 0 saturated heterocycles. The van der Waals surface area contributed by atoms with Crippen LogP contribution in [0.2, 0.25) is 15.1 Å². The van der Waals surface area contributed by atoms with Gasteiger partial charge in [-0.25, -0.2) is 0 Å². The van der Waals surface area contributed by atoms with Gasteiger partial charge in [0.2, 0.25) is 0 Å². The van der Waals surface area contributed by atoms with Crippen LogP contribution in [0.15, 0.2) is 47.6 Å². The van der Waals surface area contributed by atoms with Crippen molar-refractivity contribution in [1.82, 2.24) is 14.8 Å². The lowest BCUT2D eigenvalue weighted by Gasteiger charge is -2.11. The molecule has 3 rings (SSSR count). The molecule has 0 aliphatic carbocycles. The maximum atomic E-state index is 6.31. The molecule has 0 amide bonds. The minimum atomic E-state index is 0.524. The zero-order valence-electron chi connectivity index (χ0n) is 11.4. The first-order valence-electron chi connectivity index (χ1n) is 6.31. The molecule has 112 valence electrons. The Bertz CT molecular complexity index is 833. The van der Waals surface area contributed by atoms with Gasteiger partial charge in [-0.1, -0.05) is 52.6 Å². The maximum Gasteiger partial charge on any atom is 0.195 e. The SMILES string of the molecule is CSc1nnc(-c2ccc(Cl)cc2Cl)n1-c1cccc(Cl)c1. The van der Waals surface area contributed by atoms with E-state index in [1.54, 1.807) is 12.1 Å². The molecule has 2 aromatic carbocycles. The van der Waals surface area contributed by atoms with Crippen LogP contribution in [-0.4, -0.2) is 21.0 Å². The highest BCUT2D eigenvalue weighted by atomic mass is 35.5. The molecule has 0 unspecified atom stereocenters. The zero-order chi connectivity index (χ0) is 15.7. The summed E-state index contributed by atoms with van der Waals surface area (Å²) in [5.41, 5.74) is 1.64. The second kappa shape index (κ2) is 6.50. The first-order chi connectivity index (χ1) is 10.6. The molecule has 1 aromatic heterocycles. The summed E-state index contributed by atoms with van der Waals surface area (Å²) in [4.78, 5) is 0. The van der Waals surface area contributed by atoms with Gasteiger partial charge < -0.3 is 0 Å². The Kier molecular flexibility index (Phi) is 4.64. The number of rotatable bonds is 3. The summed E-state index contributed by atoms with van der Waals surface area (Å²) in [6.45, 7) is 0. The fraction of sp³-hybridized carbons (Fsp3) is 0.0667. The molecule has 0 fully saturated rings. The van der Waals surface area contributed by atoms with Crippen LogP contribution in [0.5, 0.6) is 0 Å². The number of halogens is 3. The van der Waals surface area contributed by atoms with Crippen LogP contribution in [0.3, 0.4) is 0 Å². The lowest BCUT2D eigenvalue weighted by atomic mass is 10.2. The fourth-order valence-electron chi connectivity index (χ4n) is 2.10. The summed E-state index contributed by atoms with van der Waals surface area (Å²) in [5, 5.41) is 11.0. The molecular weight excluding hydrogens is 361 g/mol. The third kappa shape index (κ3) is 2.97. The highest BCUT2D eigenvalue weighted by Crippen LogP contribution is 2.33. The molecule has 0 aliphatic rings. The van der Waals surface area contributed by atoms with E-state index in [0.29, 0.717) is 20.9 Å². The van der Waals surface area contributed by atoms with Crippen molar-refractivity contribution in [2.45, 2.75) is 5.16 Å². The number of nitrogens with zero attached hydrogens (tertiary/aromatic N) is 3. The van der Waals surface area contributed by atoms with Crippen molar-refractivity contribution in [3.05, 3.63) is 57.5 Å². The van der Waals surface area contributed by atoms with Gasteiger partial charge in [-0.15, -0.1) is 10.2 Å². The average molecular weight is 371 g/mol. The van der Waals surface area contributed by atoms with Gasteiger partial charge in [0.05, 0.1) is 10.7 Å². The predicted octanol–water partition coefficient (Wildman–Crippen LogP) is 5.62. The van der Waals surface area contributed by atoms with Gasteiger partial charge in [0.15, 0.2) is 11.0 Å². The van der Waals surface area contributed by atoms with Gasteiger partial charge in [-0.3, -0.25) is 4.57 Å². The molecule has 3 aromatic rings. The van der Waals surface area contributed by atoms with E-state index in [1.165, 1.54) is 11.8 Å². The Balaban J connectivity index is 2.23. The van der Waals surface area contributed by atoms with Crippen molar-refractivity contribution < 1.29 is 0 Å². The summed E-state index contributed by atoms with van der Waals surface area (Å²) < 4.78 is 1.92. The van der Waals surface area contributed by atoms with Gasteiger partial charge >= 0.3 is 0 Å². The molecule has 0 spiro atoms. The summed E-state index contributed by atoms with van der Waals surface area (Å²) in [7, 11) is 0. The lowest BCUT2D eigenvalue weighted by molar-refractivity contribution is 0.889. The smallest absolute Gasteiger partial charge is 0.195 e. The van der Waals surface area contributed by atoms with Crippen molar-refractivity contribution in [3.63, 3.8) is 0 Å². The van der Waals surface area contributed by atoms with Crippen LogP contribution in [0, 0.1) is 0 Å². The predicted molar refractivity (Wildman–Crippen MR) is 93.6 cm³/mol. The number of hydrogen-bond acceptors (Lipinski definition) is 3. The summed E-state index contributed by atoms with van der Waals surface area (Å²) in [6.07, 6.45) is 1.94. The van der Waals surface area contributed by atoms with Gasteiger partial charge in [0, 0.05) is 15.6 Å². The average Bonchev–Trinajstić information content (AvgIpc) is 2.91. The first kappa shape index (κ1) is 15.7. The number of thioether (sulfide) groups is 1. The van der Waals surface area contributed by atoms with E-state index in [0.717, 1.165) is 16.4 Å². The van der Waals surface area contributed by atoms with Crippen LogP contribution in [0.1, 0.15) is 0 Å². The Morgan fingerprint density at radius 2 is 1.73 bits per heavy atom. The molecule has 0 atom stereocenters. The van der Waals surface area contributed by atoms with Crippen LogP contribution in [0.4, 0.5) is 0 Å². The van der Waals surface area contributed by atoms with Crippen LogP contribution in [-0.2, 0) is 0 Å². The van der Waals surface area contributed by atoms with Gasteiger partial charge in [-0.05, 0) is 42.7 Å². The molecular formula is C15H10Cl3N3S. The second-order valence-corrected chi connectivity index (χ2v) is 6.50. The fourth-order valence-corrected chi connectivity index (χ4v) is 3.27. The molecule has 0 bridgehead atoms. The number of hydrogen-bond donors (Lipinski definition) is 0. The largest absolute Gasteiger partial charge is 0.270 e. The van der Waals surface area contributed by atoms with E-state index in [4.69, 9.17) is 34.8 Å². The molecule has 7 heteroatoms. The summed E-state index contributed by atoms with van der Waals surface area (Å²) in [5.74, 6) is 0.647. The summed E-state index contributed by atoms with van der Waals surface area (Å²) in [6, 6.07) is 12.8. The number of benzene rings is 2. The van der Waals surface area contributed by atoms with Crippen molar-refractivity contribution in [1.29, 1.82) is 0 Å². The molecule has 22 heavy (non-hydrogen) atoms. The summed E-state index contributed by atoms with van der Waals surface area (Å²) >= 11 is 19.9. The molecule has 0 aliphatic heterocycles. The monoisotopic (exact) mass is 369 g/mol. The van der Waals surface area contributed by atoms with Crippen LogP contribution < -0.4 is 0 Å². The Hall–Kier alpha value is -1.20. The molecule has 1 heterocycles. The van der Waals surface area contributed by atoms with Crippen molar-refractivity contribution in [3.8, 4) is 17.1 Å². The highest BCUT2D eigenvalue weighted by Gasteiger charge is 2.17. The second-order valence-electron chi connectivity index (χ2n) is 4.45.